The lowest BCUT2D eigenvalue weighted by atomic mass is 9.99. The number of allylic oxidation sites excluding steroid dienone is 1. The highest BCUT2D eigenvalue weighted by Gasteiger charge is 2.21. The number of fused-ring (bicyclic) bond motifs is 8. The van der Waals surface area contributed by atoms with Crippen molar-refractivity contribution in [2.24, 2.45) is 0 Å². The molecule has 10 rings (SSSR count). The fraction of sp³-hybridized carbons (Fsp3) is 0.0213. The third kappa shape index (κ3) is 4.10. The standard InChI is InChI=1S/C47H32N2O/c1-3-13-41-35(4-2)39-28-44-40(29-43(39)48(41)33-16-6-5-7-17-33)38-26-31-14-8-9-15-32(31)27-42(38)49(44)34-24-22-30(23-25-34)36-19-12-21-46-47(36)37-18-10-11-20-45(37)50-46/h3-29H,2H2,1H3/b13-3-. The van der Waals surface area contributed by atoms with Gasteiger partial charge in [-0.3, -0.25) is 0 Å². The van der Waals surface area contributed by atoms with E-state index in [1.807, 2.05) is 18.2 Å². The highest BCUT2D eigenvalue weighted by atomic mass is 16.3. The van der Waals surface area contributed by atoms with Crippen LogP contribution in [0.15, 0.2) is 163 Å². The Morgan fingerprint density at radius 3 is 1.98 bits per heavy atom. The molecular formula is C47H32N2O. The average molecular weight is 641 g/mol. The van der Waals surface area contributed by atoms with E-state index < -0.39 is 0 Å². The van der Waals surface area contributed by atoms with Gasteiger partial charge in [-0.25, -0.2) is 0 Å². The third-order valence-electron chi connectivity index (χ3n) is 10.2. The van der Waals surface area contributed by atoms with E-state index in [0.717, 1.165) is 55.7 Å². The van der Waals surface area contributed by atoms with Gasteiger partial charge in [-0.2, -0.15) is 0 Å². The molecule has 0 saturated carbocycles. The largest absolute Gasteiger partial charge is 0.456 e. The molecule has 0 fully saturated rings. The van der Waals surface area contributed by atoms with Gasteiger partial charge < -0.3 is 13.6 Å². The molecule has 10 aromatic rings. The average Bonchev–Trinajstić information content (AvgIpc) is 3.80. The van der Waals surface area contributed by atoms with E-state index >= 15 is 0 Å². The Labute approximate surface area is 289 Å². The molecule has 0 spiro atoms. The van der Waals surface area contributed by atoms with Gasteiger partial charge in [0.05, 0.1) is 22.2 Å². The maximum absolute atomic E-state index is 6.22. The highest BCUT2D eigenvalue weighted by molar-refractivity contribution is 6.18. The number of rotatable bonds is 5. The van der Waals surface area contributed by atoms with Crippen LogP contribution in [0.4, 0.5) is 0 Å². The Kier molecular flexibility index (Phi) is 6.24. The lowest BCUT2D eigenvalue weighted by Crippen LogP contribution is -1.96. The zero-order valence-corrected chi connectivity index (χ0v) is 27.6. The van der Waals surface area contributed by atoms with Gasteiger partial charge in [-0.15, -0.1) is 0 Å². The van der Waals surface area contributed by atoms with Crippen LogP contribution in [0.25, 0.3) is 100 Å². The van der Waals surface area contributed by atoms with E-state index in [9.17, 15) is 0 Å². The summed E-state index contributed by atoms with van der Waals surface area (Å²) in [7, 11) is 0. The number of nitrogens with zero attached hydrogens (tertiary/aromatic N) is 2. The molecule has 0 bridgehead atoms. The molecule has 0 atom stereocenters. The number of hydrogen-bond acceptors (Lipinski definition) is 1. The minimum Gasteiger partial charge on any atom is -0.456 e. The quantitative estimate of drug-likeness (QED) is 0.184. The molecule has 0 saturated heterocycles. The Hall–Kier alpha value is -6.58. The molecule has 3 heteroatoms. The van der Waals surface area contributed by atoms with Crippen molar-refractivity contribution in [3.63, 3.8) is 0 Å². The van der Waals surface area contributed by atoms with Crippen molar-refractivity contribution in [1.29, 1.82) is 0 Å². The van der Waals surface area contributed by atoms with Crippen LogP contribution in [0, 0.1) is 0 Å². The molecule has 0 unspecified atom stereocenters. The molecule has 0 N–H and O–H groups in total. The predicted molar refractivity (Wildman–Crippen MR) is 213 cm³/mol. The second kappa shape index (κ2) is 11.0. The van der Waals surface area contributed by atoms with Gasteiger partial charge in [0.15, 0.2) is 0 Å². The first-order valence-corrected chi connectivity index (χ1v) is 17.1. The van der Waals surface area contributed by atoms with E-state index in [0.29, 0.717) is 0 Å². The zero-order valence-electron chi connectivity index (χ0n) is 27.6. The lowest BCUT2D eigenvalue weighted by molar-refractivity contribution is 0.669. The molecule has 0 aliphatic rings. The molecule has 0 radical (unpaired) electrons. The summed E-state index contributed by atoms with van der Waals surface area (Å²) >= 11 is 0. The van der Waals surface area contributed by atoms with Crippen molar-refractivity contribution in [2.75, 3.05) is 0 Å². The van der Waals surface area contributed by atoms with E-state index in [1.165, 1.54) is 43.5 Å². The van der Waals surface area contributed by atoms with E-state index in [4.69, 9.17) is 4.42 Å². The van der Waals surface area contributed by atoms with Crippen molar-refractivity contribution in [2.45, 2.75) is 6.92 Å². The summed E-state index contributed by atoms with van der Waals surface area (Å²) in [6.07, 6.45) is 6.30. The minimum atomic E-state index is 0.906. The monoisotopic (exact) mass is 640 g/mol. The predicted octanol–water partition coefficient (Wildman–Crippen LogP) is 13.1. The molecule has 3 nitrogen and oxygen atoms in total. The van der Waals surface area contributed by atoms with Gasteiger partial charge in [-0.1, -0.05) is 104 Å². The van der Waals surface area contributed by atoms with E-state index in [1.54, 1.807) is 0 Å². The first-order chi connectivity index (χ1) is 24.7. The zero-order chi connectivity index (χ0) is 33.3. The maximum atomic E-state index is 6.22. The highest BCUT2D eigenvalue weighted by Crippen LogP contribution is 2.42. The van der Waals surface area contributed by atoms with Crippen molar-refractivity contribution in [1.82, 2.24) is 9.13 Å². The van der Waals surface area contributed by atoms with Crippen LogP contribution in [0.1, 0.15) is 18.2 Å². The van der Waals surface area contributed by atoms with Gasteiger partial charge in [0.25, 0.3) is 0 Å². The Balaban J connectivity index is 1.26. The smallest absolute Gasteiger partial charge is 0.136 e. The summed E-state index contributed by atoms with van der Waals surface area (Å²) in [6.45, 7) is 6.36. The fourth-order valence-electron chi connectivity index (χ4n) is 8.00. The molecule has 50 heavy (non-hydrogen) atoms. The van der Waals surface area contributed by atoms with Gasteiger partial charge in [0.2, 0.25) is 0 Å². The SMILES string of the molecule is C=Cc1c(/C=C\C)n(-c2ccccc2)c2cc3c4cc5ccccc5cc4n(-c4ccc(-c5cccc6oc7ccccc7c56)cc4)c3cc12. The van der Waals surface area contributed by atoms with Gasteiger partial charge >= 0.3 is 0 Å². The molecule has 3 heterocycles. The molecule has 236 valence electrons. The van der Waals surface area contributed by atoms with Crippen LogP contribution in [0.3, 0.4) is 0 Å². The van der Waals surface area contributed by atoms with Crippen LogP contribution < -0.4 is 0 Å². The summed E-state index contributed by atoms with van der Waals surface area (Å²) in [5, 5.41) is 8.36. The molecular weight excluding hydrogens is 609 g/mol. The normalized spacial score (nSPS) is 12.1. The van der Waals surface area contributed by atoms with Crippen molar-refractivity contribution >= 4 is 77.6 Å². The fourth-order valence-corrected chi connectivity index (χ4v) is 8.00. The molecule has 0 aliphatic heterocycles. The van der Waals surface area contributed by atoms with Crippen LogP contribution >= 0.6 is 0 Å². The first-order valence-electron chi connectivity index (χ1n) is 17.1. The summed E-state index contributed by atoms with van der Waals surface area (Å²) in [5.74, 6) is 0. The molecule has 0 aliphatic carbocycles. The molecule has 3 aromatic heterocycles. The summed E-state index contributed by atoms with van der Waals surface area (Å²) in [4.78, 5) is 0. The number of benzene rings is 7. The van der Waals surface area contributed by atoms with Gasteiger partial charge in [0, 0.05) is 43.9 Å². The summed E-state index contributed by atoms with van der Waals surface area (Å²) < 4.78 is 11.0. The minimum absolute atomic E-state index is 0.906. The van der Waals surface area contributed by atoms with Gasteiger partial charge in [-0.05, 0) is 95.6 Å². The summed E-state index contributed by atoms with van der Waals surface area (Å²) in [6, 6.07) is 52.3. The molecule has 7 aromatic carbocycles. The van der Waals surface area contributed by atoms with Gasteiger partial charge in [0.1, 0.15) is 11.2 Å². The number of furan rings is 1. The lowest BCUT2D eigenvalue weighted by Gasteiger charge is -2.11. The van der Waals surface area contributed by atoms with Crippen molar-refractivity contribution in [3.05, 3.63) is 170 Å². The van der Waals surface area contributed by atoms with E-state index in [2.05, 4.69) is 168 Å². The van der Waals surface area contributed by atoms with Crippen LogP contribution in [-0.4, -0.2) is 9.13 Å². The number of para-hydroxylation sites is 2. The van der Waals surface area contributed by atoms with Crippen molar-refractivity contribution < 1.29 is 4.42 Å². The maximum Gasteiger partial charge on any atom is 0.136 e. The first kappa shape index (κ1) is 28.4. The van der Waals surface area contributed by atoms with Crippen LogP contribution in [-0.2, 0) is 0 Å². The topological polar surface area (TPSA) is 23.0 Å². The summed E-state index contributed by atoms with van der Waals surface area (Å²) in [5.41, 5.74) is 12.1. The molecule has 0 amide bonds. The number of hydrogen-bond donors (Lipinski definition) is 0. The number of aromatic nitrogens is 2. The van der Waals surface area contributed by atoms with Crippen LogP contribution in [0.2, 0.25) is 0 Å². The second-order valence-electron chi connectivity index (χ2n) is 12.9. The second-order valence-corrected chi connectivity index (χ2v) is 12.9. The Morgan fingerprint density at radius 2 is 1.18 bits per heavy atom. The third-order valence-corrected chi connectivity index (χ3v) is 10.2. The van der Waals surface area contributed by atoms with Crippen molar-refractivity contribution in [3.8, 4) is 22.5 Å². The Bertz CT molecular complexity index is 2990. The van der Waals surface area contributed by atoms with E-state index in [-0.39, 0.29) is 0 Å². The van der Waals surface area contributed by atoms with Crippen LogP contribution in [0.5, 0.6) is 0 Å². The Morgan fingerprint density at radius 1 is 0.540 bits per heavy atom.